The molecule has 0 bridgehead atoms. The van der Waals surface area contributed by atoms with Crippen LogP contribution in [0, 0.1) is 22.7 Å². The van der Waals surface area contributed by atoms with Crippen LogP contribution in [0.3, 0.4) is 0 Å². The van der Waals surface area contributed by atoms with E-state index in [9.17, 15) is 19.8 Å². The maximum Gasteiger partial charge on any atom is 0.302 e. The van der Waals surface area contributed by atoms with Crippen LogP contribution < -0.4 is 0 Å². The molecule has 0 amide bonds. The molecule has 0 aromatic heterocycles. The fraction of sp³-hybridized carbons (Fsp3) is 0.750. The van der Waals surface area contributed by atoms with Gasteiger partial charge in [0.25, 0.3) is 0 Å². The first-order valence-electron chi connectivity index (χ1n) is 11.0. The molecule has 0 heterocycles. The topological polar surface area (TPSA) is 93.1 Å². The third kappa shape index (κ3) is 4.97. The molecule has 0 unspecified atom stereocenters. The number of ether oxygens (including phenoxy) is 2. The van der Waals surface area contributed by atoms with E-state index in [1.807, 2.05) is 0 Å². The van der Waals surface area contributed by atoms with Crippen molar-refractivity contribution in [3.8, 4) is 0 Å². The number of rotatable bonds is 8. The lowest BCUT2D eigenvalue weighted by Gasteiger charge is -2.60. The van der Waals surface area contributed by atoms with Crippen molar-refractivity contribution in [1.82, 2.24) is 0 Å². The second kappa shape index (κ2) is 10.1. The Hall–Kier alpha value is -1.66. The molecule has 0 aromatic rings. The van der Waals surface area contributed by atoms with Crippen molar-refractivity contribution < 1.29 is 29.3 Å². The van der Waals surface area contributed by atoms with E-state index in [-0.39, 0.29) is 49.2 Å². The Kier molecular flexibility index (Phi) is 8.28. The van der Waals surface area contributed by atoms with Gasteiger partial charge in [0.15, 0.2) is 0 Å². The van der Waals surface area contributed by atoms with Gasteiger partial charge < -0.3 is 19.7 Å². The van der Waals surface area contributed by atoms with Crippen LogP contribution in [-0.4, -0.2) is 48.1 Å². The predicted molar refractivity (Wildman–Crippen MR) is 114 cm³/mol. The highest BCUT2D eigenvalue weighted by Crippen LogP contribution is 2.62. The highest BCUT2D eigenvalue weighted by Gasteiger charge is 2.59. The number of esters is 2. The predicted octanol–water partition coefficient (Wildman–Crippen LogP) is 3.56. The largest absolute Gasteiger partial charge is 0.462 e. The Morgan fingerprint density at radius 1 is 1.23 bits per heavy atom. The van der Waals surface area contributed by atoms with E-state index in [1.165, 1.54) is 13.8 Å². The maximum absolute atomic E-state index is 11.9. The molecule has 1 saturated carbocycles. The second-order valence-corrected chi connectivity index (χ2v) is 9.37. The lowest BCUT2D eigenvalue weighted by molar-refractivity contribution is -0.176. The number of hydrogen-bond donors (Lipinski definition) is 2. The van der Waals surface area contributed by atoms with Gasteiger partial charge in [-0.15, -0.1) is 0 Å². The highest BCUT2D eigenvalue weighted by molar-refractivity contribution is 5.67. The van der Waals surface area contributed by atoms with Crippen molar-refractivity contribution in [2.24, 2.45) is 22.7 Å². The van der Waals surface area contributed by atoms with Crippen LogP contribution in [0.1, 0.15) is 66.7 Å². The fourth-order valence-corrected chi connectivity index (χ4v) is 5.78. The number of hydrogen-bond acceptors (Lipinski definition) is 6. The zero-order valence-corrected chi connectivity index (χ0v) is 19.1. The van der Waals surface area contributed by atoms with Gasteiger partial charge in [-0.2, -0.15) is 0 Å². The molecule has 0 aromatic carbocycles. The zero-order chi connectivity index (χ0) is 22.5. The van der Waals surface area contributed by atoms with Crippen molar-refractivity contribution in [1.29, 1.82) is 0 Å². The van der Waals surface area contributed by atoms with E-state index < -0.39 is 5.41 Å². The molecular formula is C24H38O6. The number of allylic oxidation sites excluding steroid dienone is 1. The Balaban J connectivity index is 2.41. The minimum Gasteiger partial charge on any atom is -0.462 e. The van der Waals surface area contributed by atoms with Gasteiger partial charge in [0, 0.05) is 19.3 Å². The highest BCUT2D eigenvalue weighted by atomic mass is 16.5. The second-order valence-electron chi connectivity index (χ2n) is 9.37. The van der Waals surface area contributed by atoms with Crippen molar-refractivity contribution >= 4 is 11.9 Å². The normalized spacial score (nSPS) is 34.0. The van der Waals surface area contributed by atoms with Gasteiger partial charge in [0.2, 0.25) is 0 Å². The molecule has 0 saturated heterocycles. The van der Waals surface area contributed by atoms with E-state index in [0.717, 1.165) is 36.8 Å². The SMILES string of the molecule is CC(=O)OCC1=CCC[C@H]2[C@@](C)(CC/C(=C\CO)CO)[C@H](C)C[C@H](OC(C)=O)[C@]12C. The summed E-state index contributed by atoms with van der Waals surface area (Å²) in [6.07, 6.45) is 7.75. The molecule has 0 radical (unpaired) electrons. The van der Waals surface area contributed by atoms with Crippen LogP contribution in [0.5, 0.6) is 0 Å². The number of fused-ring (bicyclic) bond motifs is 1. The van der Waals surface area contributed by atoms with Crippen molar-refractivity contribution in [2.75, 3.05) is 19.8 Å². The minimum absolute atomic E-state index is 0.0507. The minimum atomic E-state index is -0.416. The first kappa shape index (κ1) is 24.6. The van der Waals surface area contributed by atoms with Crippen molar-refractivity contribution in [3.05, 3.63) is 23.3 Å². The van der Waals surface area contributed by atoms with Crippen LogP contribution in [0.15, 0.2) is 23.3 Å². The third-order valence-electron chi connectivity index (χ3n) is 7.73. The van der Waals surface area contributed by atoms with E-state index in [1.54, 1.807) is 6.08 Å². The van der Waals surface area contributed by atoms with Crippen molar-refractivity contribution in [2.45, 2.75) is 72.8 Å². The average Bonchev–Trinajstić information content (AvgIpc) is 2.68. The fourth-order valence-electron chi connectivity index (χ4n) is 5.78. The monoisotopic (exact) mass is 422 g/mol. The maximum atomic E-state index is 11.9. The summed E-state index contributed by atoms with van der Waals surface area (Å²) < 4.78 is 11.2. The van der Waals surface area contributed by atoms with Gasteiger partial charge in [-0.3, -0.25) is 9.59 Å². The van der Waals surface area contributed by atoms with Gasteiger partial charge in [-0.05, 0) is 60.5 Å². The Morgan fingerprint density at radius 2 is 1.93 bits per heavy atom. The molecule has 2 aliphatic carbocycles. The standard InChI is InChI=1S/C24H38O6/c1-16-13-22(30-18(3)28)24(5)20(15-29-17(2)27)7-6-8-21(24)23(16,4)11-9-19(14-26)10-12-25/h7,10,16,21-22,25-26H,6,8-9,11-15H2,1-5H3/b19-10+/t16-,21+,22+,23+,24-/m1/s1. The molecule has 6 nitrogen and oxygen atoms in total. The summed E-state index contributed by atoms with van der Waals surface area (Å²) in [6, 6.07) is 0. The van der Waals surface area contributed by atoms with Gasteiger partial charge >= 0.3 is 11.9 Å². The molecule has 30 heavy (non-hydrogen) atoms. The number of carbonyl (C=O) groups excluding carboxylic acids is 2. The number of aliphatic hydroxyl groups excluding tert-OH is 2. The van der Waals surface area contributed by atoms with Gasteiger partial charge in [-0.1, -0.05) is 32.9 Å². The molecule has 2 rings (SSSR count). The Labute approximate surface area is 180 Å². The van der Waals surface area contributed by atoms with E-state index in [4.69, 9.17) is 9.47 Å². The molecule has 1 fully saturated rings. The van der Waals surface area contributed by atoms with Crippen molar-refractivity contribution in [3.63, 3.8) is 0 Å². The summed E-state index contributed by atoms with van der Waals surface area (Å²) in [5.74, 6) is -0.0641. The van der Waals surface area contributed by atoms with Gasteiger partial charge in [-0.25, -0.2) is 0 Å². The van der Waals surface area contributed by atoms with Crippen LogP contribution in [0.4, 0.5) is 0 Å². The Morgan fingerprint density at radius 3 is 2.50 bits per heavy atom. The van der Waals surface area contributed by atoms with Crippen LogP contribution in [0.25, 0.3) is 0 Å². The lowest BCUT2D eigenvalue weighted by atomic mass is 9.45. The molecule has 170 valence electrons. The summed E-state index contributed by atoms with van der Waals surface area (Å²) in [5.41, 5.74) is 1.42. The summed E-state index contributed by atoms with van der Waals surface area (Å²) >= 11 is 0. The van der Waals surface area contributed by atoms with Gasteiger partial charge in [0.05, 0.1) is 13.2 Å². The smallest absolute Gasteiger partial charge is 0.302 e. The Bertz CT molecular complexity index is 696. The summed E-state index contributed by atoms with van der Waals surface area (Å²) in [5, 5.41) is 18.9. The molecule has 0 spiro atoms. The first-order valence-corrected chi connectivity index (χ1v) is 11.0. The van der Waals surface area contributed by atoms with Crippen LogP contribution >= 0.6 is 0 Å². The van der Waals surface area contributed by atoms with Crippen LogP contribution in [0.2, 0.25) is 0 Å². The number of aliphatic hydroxyl groups is 2. The molecular weight excluding hydrogens is 384 g/mol. The first-order chi connectivity index (χ1) is 14.1. The average molecular weight is 423 g/mol. The molecule has 5 atom stereocenters. The quantitative estimate of drug-likeness (QED) is 0.459. The van der Waals surface area contributed by atoms with E-state index in [0.29, 0.717) is 12.3 Å². The third-order valence-corrected chi connectivity index (χ3v) is 7.73. The molecule has 2 aliphatic rings. The summed E-state index contributed by atoms with van der Waals surface area (Å²) in [6.45, 7) is 9.61. The summed E-state index contributed by atoms with van der Waals surface area (Å²) in [4.78, 5) is 23.4. The summed E-state index contributed by atoms with van der Waals surface area (Å²) in [7, 11) is 0. The molecule has 0 aliphatic heterocycles. The van der Waals surface area contributed by atoms with Gasteiger partial charge in [0.1, 0.15) is 12.7 Å². The van der Waals surface area contributed by atoms with Crippen LogP contribution in [-0.2, 0) is 19.1 Å². The van der Waals surface area contributed by atoms with E-state index in [2.05, 4.69) is 26.8 Å². The lowest BCUT2D eigenvalue weighted by Crippen LogP contribution is -2.58. The zero-order valence-electron chi connectivity index (χ0n) is 19.1. The molecule has 2 N–H and O–H groups in total. The van der Waals surface area contributed by atoms with E-state index >= 15 is 0 Å². The number of carbonyl (C=O) groups is 2. The molecule has 6 heteroatoms.